The molecule has 2 N–H and O–H groups in total. The maximum absolute atomic E-state index is 12.7. The molecule has 0 radical (unpaired) electrons. The van der Waals surface area contributed by atoms with E-state index in [0.717, 1.165) is 31.5 Å². The number of nitrogens with two attached hydrogens (primary N) is 1. The third kappa shape index (κ3) is 5.02. The Hall–Kier alpha value is -2.71. The second-order valence-corrected chi connectivity index (χ2v) is 8.99. The van der Waals surface area contributed by atoms with E-state index in [4.69, 9.17) is 10.5 Å². The number of ether oxygens (including phenoxy) is 1. The van der Waals surface area contributed by atoms with E-state index in [1.165, 1.54) is 18.5 Å². The molecule has 2 aromatic rings. The van der Waals surface area contributed by atoms with Gasteiger partial charge < -0.3 is 15.4 Å². The molecule has 1 amide bonds. The van der Waals surface area contributed by atoms with Crippen molar-refractivity contribution in [1.82, 2.24) is 19.8 Å². The van der Waals surface area contributed by atoms with Crippen molar-refractivity contribution in [3.63, 3.8) is 0 Å². The van der Waals surface area contributed by atoms with E-state index < -0.39 is 0 Å². The highest BCUT2D eigenvalue weighted by Gasteiger charge is 2.32. The Labute approximate surface area is 190 Å². The number of likely N-dealkylation sites (tertiary alicyclic amines) is 1. The standard InChI is InChI=1S/C24H34N6O2/c1-4-5-12-32-24-26-22(25)20-13-21(31)30(23(20)27-24)15-18-8-6-17(7-9-18)14-29(3)19-10-11-28(2)16-19/h6-9,19H,4-5,10-16H2,1-3H3,(H2,25,26,27). The van der Waals surface area contributed by atoms with Gasteiger partial charge in [0, 0.05) is 24.7 Å². The number of nitrogen functional groups attached to an aromatic ring is 1. The average molecular weight is 439 g/mol. The average Bonchev–Trinajstić information content (AvgIpc) is 3.34. The van der Waals surface area contributed by atoms with Gasteiger partial charge in [0.2, 0.25) is 5.91 Å². The molecule has 0 saturated carbocycles. The smallest absolute Gasteiger partial charge is 0.320 e. The summed E-state index contributed by atoms with van der Waals surface area (Å²) in [4.78, 5) is 27.9. The summed E-state index contributed by atoms with van der Waals surface area (Å²) < 4.78 is 5.64. The summed E-state index contributed by atoms with van der Waals surface area (Å²) in [6, 6.07) is 9.35. The zero-order chi connectivity index (χ0) is 22.7. The van der Waals surface area contributed by atoms with Gasteiger partial charge in [-0.3, -0.25) is 14.6 Å². The molecule has 8 nitrogen and oxygen atoms in total. The van der Waals surface area contributed by atoms with E-state index in [1.54, 1.807) is 4.90 Å². The van der Waals surface area contributed by atoms with Gasteiger partial charge in [-0.05, 0) is 44.6 Å². The number of hydrogen-bond donors (Lipinski definition) is 1. The summed E-state index contributed by atoms with van der Waals surface area (Å²) >= 11 is 0. The predicted octanol–water partition coefficient (Wildman–Crippen LogP) is 2.46. The van der Waals surface area contributed by atoms with Gasteiger partial charge >= 0.3 is 6.01 Å². The van der Waals surface area contributed by atoms with Crippen LogP contribution in [0.25, 0.3) is 0 Å². The maximum atomic E-state index is 12.7. The van der Waals surface area contributed by atoms with E-state index in [9.17, 15) is 4.79 Å². The fourth-order valence-electron chi connectivity index (χ4n) is 4.38. The summed E-state index contributed by atoms with van der Waals surface area (Å²) in [5.41, 5.74) is 9.13. The highest BCUT2D eigenvalue weighted by molar-refractivity contribution is 6.01. The fourth-order valence-corrected chi connectivity index (χ4v) is 4.38. The molecule has 0 bridgehead atoms. The van der Waals surface area contributed by atoms with E-state index >= 15 is 0 Å². The number of rotatable bonds is 9. The third-order valence-corrected chi connectivity index (χ3v) is 6.40. The van der Waals surface area contributed by atoms with Gasteiger partial charge in [-0.15, -0.1) is 0 Å². The highest BCUT2D eigenvalue weighted by atomic mass is 16.5. The third-order valence-electron chi connectivity index (χ3n) is 6.40. The molecule has 1 fully saturated rings. The zero-order valence-electron chi connectivity index (χ0n) is 19.4. The number of likely N-dealkylation sites (N-methyl/N-ethyl adjacent to an activating group) is 2. The quantitative estimate of drug-likeness (QED) is 0.602. The van der Waals surface area contributed by atoms with Gasteiger partial charge in [0.1, 0.15) is 11.6 Å². The van der Waals surface area contributed by atoms with Crippen LogP contribution in [0.3, 0.4) is 0 Å². The van der Waals surface area contributed by atoms with Crippen LogP contribution in [0.1, 0.15) is 42.9 Å². The molecule has 8 heteroatoms. The molecule has 2 aliphatic rings. The number of aromatic nitrogens is 2. The molecule has 2 aliphatic heterocycles. The summed E-state index contributed by atoms with van der Waals surface area (Å²) in [7, 11) is 4.38. The van der Waals surface area contributed by atoms with Crippen LogP contribution in [0, 0.1) is 0 Å². The van der Waals surface area contributed by atoms with Crippen LogP contribution in [0.5, 0.6) is 6.01 Å². The Morgan fingerprint density at radius 3 is 2.66 bits per heavy atom. The van der Waals surface area contributed by atoms with Gasteiger partial charge in [0.15, 0.2) is 0 Å². The molecular formula is C24H34N6O2. The van der Waals surface area contributed by atoms with Crippen LogP contribution < -0.4 is 15.4 Å². The number of unbranched alkanes of at least 4 members (excludes halogenated alkanes) is 1. The van der Waals surface area contributed by atoms with Crippen molar-refractivity contribution in [1.29, 1.82) is 0 Å². The first-order chi connectivity index (χ1) is 15.4. The van der Waals surface area contributed by atoms with E-state index in [1.807, 2.05) is 0 Å². The first-order valence-corrected chi connectivity index (χ1v) is 11.5. The molecular weight excluding hydrogens is 404 g/mol. The second kappa shape index (κ2) is 9.83. The number of amides is 1. The largest absolute Gasteiger partial charge is 0.463 e. The SMILES string of the molecule is CCCCOc1nc(N)c2c(n1)N(Cc1ccc(CN(C)C3CCN(C)C3)cc1)C(=O)C2. The Morgan fingerprint density at radius 1 is 1.22 bits per heavy atom. The number of carbonyl (C=O) groups is 1. The van der Waals surface area contributed by atoms with Gasteiger partial charge in [0.25, 0.3) is 0 Å². The number of hydrogen-bond acceptors (Lipinski definition) is 7. The summed E-state index contributed by atoms with van der Waals surface area (Å²) in [6.45, 7) is 6.31. The minimum absolute atomic E-state index is 0.0131. The van der Waals surface area contributed by atoms with E-state index in [-0.39, 0.29) is 18.3 Å². The molecule has 1 unspecified atom stereocenters. The number of nitrogens with zero attached hydrogens (tertiary/aromatic N) is 5. The van der Waals surface area contributed by atoms with Crippen LogP contribution in [0.4, 0.5) is 11.6 Å². The molecule has 1 atom stereocenters. The van der Waals surface area contributed by atoms with Crippen LogP contribution in [0.2, 0.25) is 0 Å². The van der Waals surface area contributed by atoms with E-state index in [0.29, 0.717) is 36.4 Å². The van der Waals surface area contributed by atoms with Crippen LogP contribution in [0.15, 0.2) is 24.3 Å². The first-order valence-electron chi connectivity index (χ1n) is 11.5. The molecule has 1 aromatic carbocycles. The second-order valence-electron chi connectivity index (χ2n) is 8.99. The van der Waals surface area contributed by atoms with Gasteiger partial charge in [-0.1, -0.05) is 37.6 Å². The van der Waals surface area contributed by atoms with Crippen molar-refractivity contribution in [2.45, 2.75) is 51.7 Å². The van der Waals surface area contributed by atoms with Crippen molar-refractivity contribution >= 4 is 17.5 Å². The number of fused-ring (bicyclic) bond motifs is 1. The minimum Gasteiger partial charge on any atom is -0.463 e. The minimum atomic E-state index is -0.0131. The molecule has 1 aromatic heterocycles. The first kappa shape index (κ1) is 22.5. The van der Waals surface area contributed by atoms with Gasteiger partial charge in [-0.2, -0.15) is 9.97 Å². The molecule has 3 heterocycles. The van der Waals surface area contributed by atoms with Gasteiger partial charge in [-0.25, -0.2) is 0 Å². The van der Waals surface area contributed by atoms with Crippen molar-refractivity contribution in [2.75, 3.05) is 44.4 Å². The zero-order valence-corrected chi connectivity index (χ0v) is 19.4. The Balaban J connectivity index is 1.42. The van der Waals surface area contributed by atoms with Gasteiger partial charge in [0.05, 0.1) is 19.6 Å². The normalized spacial score (nSPS) is 18.6. The summed E-state index contributed by atoms with van der Waals surface area (Å²) in [5.74, 6) is 0.886. The Morgan fingerprint density at radius 2 is 1.97 bits per heavy atom. The number of benzene rings is 1. The van der Waals surface area contributed by atoms with Crippen LogP contribution in [-0.2, 0) is 24.3 Å². The van der Waals surface area contributed by atoms with Crippen molar-refractivity contribution in [3.05, 3.63) is 41.0 Å². The van der Waals surface area contributed by atoms with Crippen molar-refractivity contribution in [3.8, 4) is 6.01 Å². The van der Waals surface area contributed by atoms with Crippen LogP contribution in [-0.4, -0.2) is 65.5 Å². The lowest BCUT2D eigenvalue weighted by Crippen LogP contribution is -2.33. The molecule has 4 rings (SSSR count). The monoisotopic (exact) mass is 438 g/mol. The summed E-state index contributed by atoms with van der Waals surface area (Å²) in [6.07, 6.45) is 3.39. The lowest BCUT2D eigenvalue weighted by Gasteiger charge is -2.24. The topological polar surface area (TPSA) is 87.8 Å². The number of anilines is 2. The fraction of sp³-hybridized carbons (Fsp3) is 0.542. The Kier molecular flexibility index (Phi) is 6.91. The molecule has 1 saturated heterocycles. The van der Waals surface area contributed by atoms with Crippen LogP contribution >= 0.6 is 0 Å². The lowest BCUT2D eigenvalue weighted by molar-refractivity contribution is -0.117. The molecule has 0 aliphatic carbocycles. The Bertz CT molecular complexity index is 948. The number of carbonyl (C=O) groups excluding carboxylic acids is 1. The van der Waals surface area contributed by atoms with E-state index in [2.05, 4.69) is 65.1 Å². The maximum Gasteiger partial charge on any atom is 0.320 e. The van der Waals surface area contributed by atoms with Crippen molar-refractivity contribution < 1.29 is 9.53 Å². The molecule has 0 spiro atoms. The summed E-state index contributed by atoms with van der Waals surface area (Å²) in [5, 5.41) is 0. The molecule has 32 heavy (non-hydrogen) atoms. The lowest BCUT2D eigenvalue weighted by atomic mass is 10.1. The highest BCUT2D eigenvalue weighted by Crippen LogP contribution is 2.33. The predicted molar refractivity (Wildman–Crippen MR) is 126 cm³/mol. The van der Waals surface area contributed by atoms with Crippen molar-refractivity contribution in [2.24, 2.45) is 0 Å². The molecule has 172 valence electrons.